The van der Waals surface area contributed by atoms with Crippen LogP contribution < -0.4 is 15.4 Å². The second kappa shape index (κ2) is 8.01. The number of amides is 2. The van der Waals surface area contributed by atoms with Gasteiger partial charge in [0.25, 0.3) is 0 Å². The first-order chi connectivity index (χ1) is 9.47. The van der Waals surface area contributed by atoms with Crippen molar-refractivity contribution in [1.29, 1.82) is 0 Å². The van der Waals surface area contributed by atoms with Crippen LogP contribution in [0.4, 0.5) is 5.69 Å². The molecular formula is C13H17ClN2O3S. The van der Waals surface area contributed by atoms with E-state index in [2.05, 4.69) is 10.6 Å². The molecule has 1 rings (SSSR count). The van der Waals surface area contributed by atoms with Crippen LogP contribution in [0.1, 0.15) is 5.56 Å². The molecule has 0 aliphatic carbocycles. The molecule has 2 N–H and O–H groups in total. The molecule has 0 aromatic heterocycles. The highest BCUT2D eigenvalue weighted by Crippen LogP contribution is 2.30. The predicted molar refractivity (Wildman–Crippen MR) is 82.8 cm³/mol. The summed E-state index contributed by atoms with van der Waals surface area (Å²) in [6, 6.07) is 3.41. The molecule has 20 heavy (non-hydrogen) atoms. The molecule has 1 aromatic carbocycles. The minimum Gasteiger partial charge on any atom is -0.495 e. The normalized spacial score (nSPS) is 10.0. The summed E-state index contributed by atoms with van der Waals surface area (Å²) in [6.07, 6.45) is 0. The average molecular weight is 317 g/mol. The van der Waals surface area contributed by atoms with E-state index in [1.54, 1.807) is 19.2 Å². The number of thioether (sulfide) groups is 1. The number of rotatable bonds is 6. The van der Waals surface area contributed by atoms with Gasteiger partial charge in [0.15, 0.2) is 0 Å². The highest BCUT2D eigenvalue weighted by atomic mass is 35.5. The molecule has 5 nitrogen and oxygen atoms in total. The van der Waals surface area contributed by atoms with Crippen LogP contribution in [0.3, 0.4) is 0 Å². The number of hydrogen-bond acceptors (Lipinski definition) is 4. The van der Waals surface area contributed by atoms with E-state index in [-0.39, 0.29) is 23.3 Å². The second-order valence-electron chi connectivity index (χ2n) is 4.02. The van der Waals surface area contributed by atoms with Crippen molar-refractivity contribution >= 4 is 40.9 Å². The van der Waals surface area contributed by atoms with Gasteiger partial charge in [0.05, 0.1) is 24.3 Å². The van der Waals surface area contributed by atoms with Gasteiger partial charge in [0.2, 0.25) is 11.8 Å². The molecule has 110 valence electrons. The Kier molecular flexibility index (Phi) is 6.67. The van der Waals surface area contributed by atoms with Crippen LogP contribution in [0.15, 0.2) is 12.1 Å². The van der Waals surface area contributed by atoms with E-state index >= 15 is 0 Å². The lowest BCUT2D eigenvalue weighted by Crippen LogP contribution is -2.22. The zero-order valence-electron chi connectivity index (χ0n) is 11.6. The van der Waals surface area contributed by atoms with E-state index in [1.807, 2.05) is 6.92 Å². The number of carbonyl (C=O) groups excluding carboxylic acids is 2. The van der Waals surface area contributed by atoms with E-state index in [0.717, 1.165) is 5.56 Å². The molecule has 0 fully saturated rings. The first-order valence-corrected chi connectivity index (χ1v) is 7.43. The standard InChI is InChI=1S/C13H17ClN2O3S/c1-8-4-10(11(19-3)5-9(8)14)16-13(18)7-20-6-12(17)15-2/h4-5H,6-7H2,1-3H3,(H,15,17)(H,16,18). The number of methoxy groups -OCH3 is 1. The summed E-state index contributed by atoms with van der Waals surface area (Å²) in [5.74, 6) is 0.644. The maximum Gasteiger partial charge on any atom is 0.234 e. The van der Waals surface area contributed by atoms with Crippen LogP contribution in [0.2, 0.25) is 5.02 Å². The predicted octanol–water partition coefficient (Wildman–Crippen LogP) is 2.07. The zero-order valence-corrected chi connectivity index (χ0v) is 13.2. The molecule has 0 saturated heterocycles. The van der Waals surface area contributed by atoms with Crippen LogP contribution in [0.25, 0.3) is 0 Å². The summed E-state index contributed by atoms with van der Waals surface area (Å²) in [5, 5.41) is 5.82. The summed E-state index contributed by atoms with van der Waals surface area (Å²) in [6.45, 7) is 1.85. The highest BCUT2D eigenvalue weighted by molar-refractivity contribution is 8.00. The van der Waals surface area contributed by atoms with Crippen LogP contribution in [0.5, 0.6) is 5.75 Å². The third kappa shape index (κ3) is 4.94. The van der Waals surface area contributed by atoms with Gasteiger partial charge in [0, 0.05) is 18.1 Å². The molecule has 0 spiro atoms. The monoisotopic (exact) mass is 316 g/mol. The van der Waals surface area contributed by atoms with Crippen molar-refractivity contribution < 1.29 is 14.3 Å². The lowest BCUT2D eigenvalue weighted by Gasteiger charge is -2.12. The van der Waals surface area contributed by atoms with E-state index in [0.29, 0.717) is 16.5 Å². The smallest absolute Gasteiger partial charge is 0.234 e. The van der Waals surface area contributed by atoms with E-state index < -0.39 is 0 Å². The Balaban J connectivity index is 2.61. The second-order valence-corrected chi connectivity index (χ2v) is 5.41. The Morgan fingerprint density at radius 3 is 2.55 bits per heavy atom. The van der Waals surface area contributed by atoms with Gasteiger partial charge in [0.1, 0.15) is 5.75 Å². The summed E-state index contributed by atoms with van der Waals surface area (Å²) in [4.78, 5) is 22.8. The van der Waals surface area contributed by atoms with Gasteiger partial charge in [-0.05, 0) is 18.6 Å². The summed E-state index contributed by atoms with van der Waals surface area (Å²) in [5.41, 5.74) is 1.42. The Morgan fingerprint density at radius 1 is 1.30 bits per heavy atom. The molecule has 0 unspecified atom stereocenters. The lowest BCUT2D eigenvalue weighted by molar-refractivity contribution is -0.118. The van der Waals surface area contributed by atoms with Gasteiger partial charge in [-0.15, -0.1) is 11.8 Å². The van der Waals surface area contributed by atoms with Crippen LogP contribution in [-0.4, -0.2) is 37.5 Å². The molecule has 0 radical (unpaired) electrons. The molecule has 0 aliphatic rings. The topological polar surface area (TPSA) is 67.4 Å². The van der Waals surface area contributed by atoms with Gasteiger partial charge < -0.3 is 15.4 Å². The number of anilines is 1. The summed E-state index contributed by atoms with van der Waals surface area (Å²) in [7, 11) is 3.07. The van der Waals surface area contributed by atoms with Gasteiger partial charge in [-0.3, -0.25) is 9.59 Å². The van der Waals surface area contributed by atoms with E-state index in [1.165, 1.54) is 18.9 Å². The SMILES string of the molecule is CNC(=O)CSCC(=O)Nc1cc(C)c(Cl)cc1OC. The molecule has 0 heterocycles. The first-order valence-electron chi connectivity index (χ1n) is 5.90. The van der Waals surface area contributed by atoms with Crippen LogP contribution in [-0.2, 0) is 9.59 Å². The van der Waals surface area contributed by atoms with Crippen molar-refractivity contribution in [3.8, 4) is 5.75 Å². The van der Waals surface area contributed by atoms with E-state index in [9.17, 15) is 9.59 Å². The maximum atomic E-state index is 11.8. The largest absolute Gasteiger partial charge is 0.495 e. The number of ether oxygens (including phenoxy) is 1. The fourth-order valence-corrected chi connectivity index (χ4v) is 2.27. The number of aryl methyl sites for hydroxylation is 1. The van der Waals surface area contributed by atoms with Gasteiger partial charge in [-0.2, -0.15) is 0 Å². The minimum atomic E-state index is -0.195. The maximum absolute atomic E-state index is 11.8. The Morgan fingerprint density at radius 2 is 1.95 bits per heavy atom. The van der Waals surface area contributed by atoms with Gasteiger partial charge in [-0.25, -0.2) is 0 Å². The fourth-order valence-electron chi connectivity index (χ4n) is 1.42. The van der Waals surface area contributed by atoms with Gasteiger partial charge >= 0.3 is 0 Å². The number of benzene rings is 1. The lowest BCUT2D eigenvalue weighted by atomic mass is 10.2. The molecule has 0 bridgehead atoms. The van der Waals surface area contributed by atoms with Crippen LogP contribution >= 0.6 is 23.4 Å². The molecule has 1 aromatic rings. The fraction of sp³-hybridized carbons (Fsp3) is 0.385. The molecule has 2 amide bonds. The average Bonchev–Trinajstić information content (AvgIpc) is 2.42. The first kappa shape index (κ1) is 16.7. The minimum absolute atomic E-state index is 0.109. The Labute approximate surface area is 127 Å². The molecular weight excluding hydrogens is 300 g/mol. The van der Waals surface area contributed by atoms with Crippen molar-refractivity contribution in [2.75, 3.05) is 31.0 Å². The summed E-state index contributed by atoms with van der Waals surface area (Å²) < 4.78 is 5.17. The van der Waals surface area contributed by atoms with E-state index in [4.69, 9.17) is 16.3 Å². The third-order valence-electron chi connectivity index (χ3n) is 2.50. The van der Waals surface area contributed by atoms with Crippen molar-refractivity contribution in [1.82, 2.24) is 5.32 Å². The zero-order chi connectivity index (χ0) is 15.1. The Bertz CT molecular complexity index is 509. The number of carbonyl (C=O) groups is 2. The highest BCUT2D eigenvalue weighted by Gasteiger charge is 2.11. The number of halogens is 1. The number of hydrogen-bond donors (Lipinski definition) is 2. The van der Waals surface area contributed by atoms with Gasteiger partial charge in [-0.1, -0.05) is 11.6 Å². The van der Waals surface area contributed by atoms with Crippen LogP contribution in [0, 0.1) is 6.92 Å². The molecule has 0 aliphatic heterocycles. The van der Waals surface area contributed by atoms with Crippen molar-refractivity contribution in [2.45, 2.75) is 6.92 Å². The summed E-state index contributed by atoms with van der Waals surface area (Å²) >= 11 is 7.24. The molecule has 7 heteroatoms. The molecule has 0 saturated carbocycles. The van der Waals surface area contributed by atoms with Crippen molar-refractivity contribution in [3.63, 3.8) is 0 Å². The van der Waals surface area contributed by atoms with Crippen molar-refractivity contribution in [3.05, 3.63) is 22.7 Å². The number of nitrogens with one attached hydrogen (secondary N) is 2. The van der Waals surface area contributed by atoms with Crippen molar-refractivity contribution in [2.24, 2.45) is 0 Å². The Hall–Kier alpha value is -1.40. The quantitative estimate of drug-likeness (QED) is 0.843. The third-order valence-corrected chi connectivity index (χ3v) is 3.84. The molecule has 0 atom stereocenters.